The zero-order chi connectivity index (χ0) is 18.9. The normalized spacial score (nSPS) is 10.6. The number of benzene rings is 2. The average molecular weight is 353 g/mol. The van der Waals surface area contributed by atoms with Gasteiger partial charge in [0, 0.05) is 5.56 Å². The van der Waals surface area contributed by atoms with E-state index in [9.17, 15) is 10.1 Å². The molecular formula is C20H19NO5. The Balaban J connectivity index is 2.12. The van der Waals surface area contributed by atoms with Crippen LogP contribution >= 0.6 is 0 Å². The molecule has 0 spiro atoms. The highest BCUT2D eigenvalue weighted by Gasteiger charge is 2.13. The molecule has 0 unspecified atom stereocenters. The summed E-state index contributed by atoms with van der Waals surface area (Å²) in [5.41, 5.74) is 1.23. The Hall–Kier alpha value is -3.46. The number of nitrogens with zero attached hydrogens (tertiary/aromatic N) is 1. The molecule has 26 heavy (non-hydrogen) atoms. The lowest BCUT2D eigenvalue weighted by Crippen LogP contribution is -2.07. The van der Waals surface area contributed by atoms with E-state index in [1.165, 1.54) is 13.2 Å². The summed E-state index contributed by atoms with van der Waals surface area (Å²) in [6.07, 6.45) is 1.46. The topological polar surface area (TPSA) is 77.8 Å². The number of ether oxygens (including phenoxy) is 4. The smallest absolute Gasteiger partial charge is 0.349 e. The molecule has 0 aliphatic carbocycles. The number of carbonyl (C=O) groups excluding carboxylic acids is 1. The summed E-state index contributed by atoms with van der Waals surface area (Å²) in [4.78, 5) is 12.2. The Morgan fingerprint density at radius 1 is 1.00 bits per heavy atom. The van der Waals surface area contributed by atoms with Gasteiger partial charge in [-0.25, -0.2) is 4.79 Å². The summed E-state index contributed by atoms with van der Waals surface area (Å²) < 4.78 is 20.7. The highest BCUT2D eigenvalue weighted by atomic mass is 16.5. The molecule has 2 aromatic rings. The Kier molecular flexibility index (Phi) is 6.63. The van der Waals surface area contributed by atoms with Crippen molar-refractivity contribution in [3.63, 3.8) is 0 Å². The highest BCUT2D eigenvalue weighted by Crippen LogP contribution is 2.25. The first kappa shape index (κ1) is 18.9. The van der Waals surface area contributed by atoms with Crippen LogP contribution in [0.25, 0.3) is 6.08 Å². The van der Waals surface area contributed by atoms with Crippen LogP contribution in [0.1, 0.15) is 11.1 Å². The molecule has 0 radical (unpaired) electrons. The minimum atomic E-state index is -0.715. The van der Waals surface area contributed by atoms with E-state index in [1.54, 1.807) is 56.7 Å². The SMILES string of the molecule is COc1ccc(/C=C(\C#N)C(=O)OCc2cc(OC)ccc2OC)cc1. The van der Waals surface area contributed by atoms with Gasteiger partial charge in [-0.2, -0.15) is 5.26 Å². The van der Waals surface area contributed by atoms with Crippen molar-refractivity contribution >= 4 is 12.0 Å². The molecule has 0 aromatic heterocycles. The van der Waals surface area contributed by atoms with Crippen LogP contribution < -0.4 is 14.2 Å². The third kappa shape index (κ3) is 4.77. The maximum atomic E-state index is 12.2. The molecule has 2 rings (SSSR count). The van der Waals surface area contributed by atoms with Crippen molar-refractivity contribution in [2.24, 2.45) is 0 Å². The summed E-state index contributed by atoms with van der Waals surface area (Å²) in [5.74, 6) is 1.16. The van der Waals surface area contributed by atoms with Gasteiger partial charge < -0.3 is 18.9 Å². The van der Waals surface area contributed by atoms with E-state index in [0.29, 0.717) is 28.4 Å². The van der Waals surface area contributed by atoms with Crippen molar-refractivity contribution in [2.75, 3.05) is 21.3 Å². The van der Waals surface area contributed by atoms with Crippen molar-refractivity contribution in [3.05, 3.63) is 59.2 Å². The van der Waals surface area contributed by atoms with Crippen molar-refractivity contribution in [3.8, 4) is 23.3 Å². The monoisotopic (exact) mass is 353 g/mol. The molecule has 6 heteroatoms. The molecule has 0 amide bonds. The van der Waals surface area contributed by atoms with Crippen LogP contribution in [0.3, 0.4) is 0 Å². The number of carbonyl (C=O) groups is 1. The van der Waals surface area contributed by atoms with Crippen LogP contribution in [-0.4, -0.2) is 27.3 Å². The second-order valence-electron chi connectivity index (χ2n) is 5.20. The van der Waals surface area contributed by atoms with Crippen molar-refractivity contribution in [2.45, 2.75) is 6.61 Å². The van der Waals surface area contributed by atoms with Gasteiger partial charge in [0.15, 0.2) is 0 Å². The van der Waals surface area contributed by atoms with Gasteiger partial charge in [-0.1, -0.05) is 12.1 Å². The standard InChI is InChI=1S/C20H19NO5/c1-23-17-6-4-14(5-7-17)10-15(12-21)20(22)26-13-16-11-18(24-2)8-9-19(16)25-3/h4-11H,13H2,1-3H3/b15-10+. The maximum Gasteiger partial charge on any atom is 0.349 e. The summed E-state index contributed by atoms with van der Waals surface area (Å²) in [5, 5.41) is 9.25. The van der Waals surface area contributed by atoms with Crippen molar-refractivity contribution in [1.29, 1.82) is 5.26 Å². The number of esters is 1. The fraction of sp³-hybridized carbons (Fsp3) is 0.200. The lowest BCUT2D eigenvalue weighted by atomic mass is 10.1. The van der Waals surface area contributed by atoms with Crippen LogP contribution in [0, 0.1) is 11.3 Å². The maximum absolute atomic E-state index is 12.2. The molecule has 2 aromatic carbocycles. The zero-order valence-corrected chi connectivity index (χ0v) is 14.8. The molecule has 0 saturated heterocycles. The molecule has 134 valence electrons. The van der Waals surface area contributed by atoms with Gasteiger partial charge in [0.05, 0.1) is 21.3 Å². The summed E-state index contributed by atoms with van der Waals surface area (Å²) in [6.45, 7) is -0.0408. The fourth-order valence-corrected chi connectivity index (χ4v) is 2.22. The Labute approximate surface area is 152 Å². The molecule has 0 bridgehead atoms. The van der Waals surface area contributed by atoms with E-state index in [0.717, 1.165) is 0 Å². The first-order chi connectivity index (χ1) is 12.6. The molecule has 0 N–H and O–H groups in total. The quantitative estimate of drug-likeness (QED) is 0.431. The Bertz CT molecular complexity index is 834. The van der Waals surface area contributed by atoms with E-state index in [1.807, 2.05) is 6.07 Å². The van der Waals surface area contributed by atoms with E-state index >= 15 is 0 Å². The van der Waals surface area contributed by atoms with Crippen LogP contribution in [0.2, 0.25) is 0 Å². The first-order valence-corrected chi connectivity index (χ1v) is 7.75. The zero-order valence-electron chi connectivity index (χ0n) is 14.8. The first-order valence-electron chi connectivity index (χ1n) is 7.75. The van der Waals surface area contributed by atoms with Crippen LogP contribution in [0.15, 0.2) is 48.0 Å². The van der Waals surface area contributed by atoms with Gasteiger partial charge in [0.1, 0.15) is 35.5 Å². The number of nitriles is 1. The summed E-state index contributed by atoms with van der Waals surface area (Å²) >= 11 is 0. The summed E-state index contributed by atoms with van der Waals surface area (Å²) in [7, 11) is 4.64. The van der Waals surface area contributed by atoms with E-state index < -0.39 is 5.97 Å². The second-order valence-corrected chi connectivity index (χ2v) is 5.20. The minimum Gasteiger partial charge on any atom is -0.497 e. The fourth-order valence-electron chi connectivity index (χ4n) is 2.22. The van der Waals surface area contributed by atoms with E-state index in [4.69, 9.17) is 18.9 Å². The minimum absolute atomic E-state index is 0.0408. The number of rotatable bonds is 7. The van der Waals surface area contributed by atoms with Gasteiger partial charge in [-0.05, 0) is 42.0 Å². The molecule has 0 aliphatic heterocycles. The molecule has 0 heterocycles. The van der Waals surface area contributed by atoms with Crippen molar-refractivity contribution < 1.29 is 23.7 Å². The Morgan fingerprint density at radius 3 is 2.23 bits per heavy atom. The number of hydrogen-bond acceptors (Lipinski definition) is 6. The van der Waals surface area contributed by atoms with Gasteiger partial charge >= 0.3 is 5.97 Å². The van der Waals surface area contributed by atoms with E-state index in [-0.39, 0.29) is 12.2 Å². The van der Waals surface area contributed by atoms with Gasteiger partial charge in [0.2, 0.25) is 0 Å². The molecule has 0 atom stereocenters. The number of hydrogen-bond donors (Lipinski definition) is 0. The van der Waals surface area contributed by atoms with Crippen LogP contribution in [0.5, 0.6) is 17.2 Å². The third-order valence-corrected chi connectivity index (χ3v) is 3.61. The molecular weight excluding hydrogens is 334 g/mol. The van der Waals surface area contributed by atoms with Gasteiger partial charge in [0.25, 0.3) is 0 Å². The van der Waals surface area contributed by atoms with Gasteiger partial charge in [-0.3, -0.25) is 0 Å². The van der Waals surface area contributed by atoms with Gasteiger partial charge in [-0.15, -0.1) is 0 Å². The lowest BCUT2D eigenvalue weighted by Gasteiger charge is -2.11. The summed E-state index contributed by atoms with van der Waals surface area (Å²) in [6, 6.07) is 14.0. The van der Waals surface area contributed by atoms with Crippen LogP contribution in [-0.2, 0) is 16.1 Å². The largest absolute Gasteiger partial charge is 0.497 e. The van der Waals surface area contributed by atoms with Crippen molar-refractivity contribution in [1.82, 2.24) is 0 Å². The average Bonchev–Trinajstić information content (AvgIpc) is 2.70. The predicted octanol–water partition coefficient (Wildman–Crippen LogP) is 3.36. The molecule has 0 saturated carbocycles. The predicted molar refractivity (Wildman–Crippen MR) is 95.9 cm³/mol. The van der Waals surface area contributed by atoms with Crippen LogP contribution in [0.4, 0.5) is 0 Å². The number of methoxy groups -OCH3 is 3. The molecule has 0 fully saturated rings. The lowest BCUT2D eigenvalue weighted by molar-refractivity contribution is -0.139. The Morgan fingerprint density at radius 2 is 1.65 bits per heavy atom. The molecule has 0 aliphatic rings. The second kappa shape index (κ2) is 9.14. The van der Waals surface area contributed by atoms with E-state index in [2.05, 4.69) is 0 Å². The third-order valence-electron chi connectivity index (χ3n) is 3.61. The molecule has 6 nitrogen and oxygen atoms in total. The highest BCUT2D eigenvalue weighted by molar-refractivity contribution is 5.97.